The minimum Gasteiger partial charge on any atom is -0.481 e. The number of amides is 1. The standard InChI is InChI=1S/C11H18N2O5/c14-9(4-7-2-1-3-12-6-7)13-8(11(17)18)5-10(15)16/h7-8,12H,1-6H2,(H,13,14)(H,15,16)(H,17,18). The van der Waals surface area contributed by atoms with Crippen LogP contribution in [0.4, 0.5) is 0 Å². The van der Waals surface area contributed by atoms with E-state index >= 15 is 0 Å². The third kappa shape index (κ3) is 5.13. The molecule has 2 atom stereocenters. The SMILES string of the molecule is O=C(O)CC(NC(=O)CC1CCCNC1)C(=O)O. The fourth-order valence-corrected chi connectivity index (χ4v) is 1.99. The summed E-state index contributed by atoms with van der Waals surface area (Å²) in [5.74, 6) is -2.79. The minimum absolute atomic E-state index is 0.193. The van der Waals surface area contributed by atoms with E-state index in [-0.39, 0.29) is 12.3 Å². The van der Waals surface area contributed by atoms with E-state index < -0.39 is 30.3 Å². The van der Waals surface area contributed by atoms with Crippen molar-refractivity contribution in [2.45, 2.75) is 31.7 Å². The molecule has 0 radical (unpaired) electrons. The Hall–Kier alpha value is -1.63. The molecule has 1 fully saturated rings. The third-order valence-electron chi connectivity index (χ3n) is 2.89. The second-order valence-corrected chi connectivity index (χ2v) is 4.47. The molecule has 0 spiro atoms. The first-order chi connectivity index (χ1) is 8.49. The quantitative estimate of drug-likeness (QED) is 0.506. The summed E-state index contributed by atoms with van der Waals surface area (Å²) in [6.07, 6.45) is 1.55. The normalized spacial score (nSPS) is 21.0. The molecule has 1 amide bonds. The minimum atomic E-state index is -1.36. The zero-order valence-electron chi connectivity index (χ0n) is 10.0. The Balaban J connectivity index is 2.40. The molecule has 0 aromatic rings. The molecule has 1 aliphatic rings. The Morgan fingerprint density at radius 3 is 2.56 bits per heavy atom. The first kappa shape index (κ1) is 14.4. The van der Waals surface area contributed by atoms with Crippen molar-refractivity contribution in [2.24, 2.45) is 5.92 Å². The van der Waals surface area contributed by atoms with Gasteiger partial charge < -0.3 is 20.8 Å². The van der Waals surface area contributed by atoms with Gasteiger partial charge in [0.15, 0.2) is 0 Å². The number of nitrogens with one attached hydrogen (secondary N) is 2. The van der Waals surface area contributed by atoms with Crippen LogP contribution in [0.5, 0.6) is 0 Å². The Bertz CT molecular complexity index is 325. The summed E-state index contributed by atoms with van der Waals surface area (Å²) < 4.78 is 0. The first-order valence-corrected chi connectivity index (χ1v) is 5.93. The van der Waals surface area contributed by atoms with Gasteiger partial charge in [-0.3, -0.25) is 9.59 Å². The van der Waals surface area contributed by atoms with Crippen LogP contribution < -0.4 is 10.6 Å². The van der Waals surface area contributed by atoms with Crippen LogP contribution in [0.2, 0.25) is 0 Å². The average Bonchev–Trinajstić information content (AvgIpc) is 2.28. The lowest BCUT2D eigenvalue weighted by molar-refractivity contribution is -0.147. The van der Waals surface area contributed by atoms with Gasteiger partial charge in [-0.15, -0.1) is 0 Å². The van der Waals surface area contributed by atoms with Crippen molar-refractivity contribution in [3.63, 3.8) is 0 Å². The van der Waals surface area contributed by atoms with Gasteiger partial charge in [0, 0.05) is 6.42 Å². The van der Waals surface area contributed by atoms with E-state index in [4.69, 9.17) is 10.2 Å². The van der Waals surface area contributed by atoms with Crippen LogP contribution in [0.25, 0.3) is 0 Å². The van der Waals surface area contributed by atoms with Crippen molar-refractivity contribution >= 4 is 17.8 Å². The van der Waals surface area contributed by atoms with Gasteiger partial charge in [-0.25, -0.2) is 4.79 Å². The topological polar surface area (TPSA) is 116 Å². The number of hydrogen-bond donors (Lipinski definition) is 4. The zero-order chi connectivity index (χ0) is 13.5. The molecular weight excluding hydrogens is 240 g/mol. The Morgan fingerprint density at radius 1 is 1.33 bits per heavy atom. The molecule has 4 N–H and O–H groups in total. The summed E-state index contributed by atoms with van der Waals surface area (Å²) in [7, 11) is 0. The van der Waals surface area contributed by atoms with Gasteiger partial charge in [0.05, 0.1) is 6.42 Å². The van der Waals surface area contributed by atoms with Crippen molar-refractivity contribution < 1.29 is 24.6 Å². The van der Waals surface area contributed by atoms with Crippen LogP contribution in [0.3, 0.4) is 0 Å². The fourth-order valence-electron chi connectivity index (χ4n) is 1.99. The highest BCUT2D eigenvalue weighted by atomic mass is 16.4. The maximum Gasteiger partial charge on any atom is 0.326 e. The Labute approximate surface area is 105 Å². The van der Waals surface area contributed by atoms with Crippen molar-refractivity contribution in [1.82, 2.24) is 10.6 Å². The molecule has 1 rings (SSSR count). The largest absolute Gasteiger partial charge is 0.481 e. The molecule has 0 saturated carbocycles. The van der Waals surface area contributed by atoms with Crippen molar-refractivity contribution in [2.75, 3.05) is 13.1 Å². The van der Waals surface area contributed by atoms with Crippen molar-refractivity contribution in [3.05, 3.63) is 0 Å². The molecule has 0 aromatic heterocycles. The zero-order valence-corrected chi connectivity index (χ0v) is 10.0. The molecule has 1 saturated heterocycles. The Kier molecular flexibility index (Phi) is 5.57. The third-order valence-corrected chi connectivity index (χ3v) is 2.89. The molecule has 18 heavy (non-hydrogen) atoms. The number of aliphatic carboxylic acids is 2. The summed E-state index contributed by atoms with van der Waals surface area (Å²) in [5.41, 5.74) is 0. The van der Waals surface area contributed by atoms with Gasteiger partial charge in [-0.05, 0) is 31.8 Å². The van der Waals surface area contributed by atoms with Crippen LogP contribution in [0, 0.1) is 5.92 Å². The van der Waals surface area contributed by atoms with E-state index in [9.17, 15) is 14.4 Å². The lowest BCUT2D eigenvalue weighted by atomic mass is 9.96. The molecule has 7 nitrogen and oxygen atoms in total. The average molecular weight is 258 g/mol. The van der Waals surface area contributed by atoms with Crippen LogP contribution in [0.1, 0.15) is 25.7 Å². The van der Waals surface area contributed by atoms with E-state index in [2.05, 4.69) is 10.6 Å². The van der Waals surface area contributed by atoms with Gasteiger partial charge in [0.1, 0.15) is 6.04 Å². The number of rotatable bonds is 6. The molecule has 2 unspecified atom stereocenters. The number of carboxylic acids is 2. The number of carbonyl (C=O) groups excluding carboxylic acids is 1. The second-order valence-electron chi connectivity index (χ2n) is 4.47. The highest BCUT2D eigenvalue weighted by molar-refractivity contribution is 5.86. The van der Waals surface area contributed by atoms with E-state index in [1.165, 1.54) is 0 Å². The summed E-state index contributed by atoms with van der Waals surface area (Å²) in [5, 5.41) is 22.7. The van der Waals surface area contributed by atoms with Gasteiger partial charge in [-0.2, -0.15) is 0 Å². The molecule has 1 heterocycles. The van der Waals surface area contributed by atoms with Crippen LogP contribution >= 0.6 is 0 Å². The van der Waals surface area contributed by atoms with E-state index in [0.717, 1.165) is 25.9 Å². The van der Waals surface area contributed by atoms with E-state index in [1.54, 1.807) is 0 Å². The van der Waals surface area contributed by atoms with Crippen molar-refractivity contribution in [1.29, 1.82) is 0 Å². The Morgan fingerprint density at radius 2 is 2.06 bits per heavy atom. The molecule has 102 valence electrons. The lowest BCUT2D eigenvalue weighted by Crippen LogP contribution is -2.43. The predicted molar refractivity (Wildman–Crippen MR) is 62.0 cm³/mol. The second kappa shape index (κ2) is 6.95. The number of carbonyl (C=O) groups is 3. The molecular formula is C11H18N2O5. The number of carboxylic acid groups (broad SMARTS) is 2. The molecule has 7 heteroatoms. The van der Waals surface area contributed by atoms with Gasteiger partial charge in [-0.1, -0.05) is 0 Å². The molecule has 0 aromatic carbocycles. The molecule has 0 aliphatic carbocycles. The maximum atomic E-state index is 11.6. The number of piperidine rings is 1. The summed E-state index contributed by atoms with van der Waals surface area (Å²) in [6.45, 7) is 1.68. The van der Waals surface area contributed by atoms with E-state index in [0.29, 0.717) is 0 Å². The van der Waals surface area contributed by atoms with Crippen LogP contribution in [0.15, 0.2) is 0 Å². The number of hydrogen-bond acceptors (Lipinski definition) is 4. The monoisotopic (exact) mass is 258 g/mol. The van der Waals surface area contributed by atoms with E-state index in [1.807, 2.05) is 0 Å². The highest BCUT2D eigenvalue weighted by Gasteiger charge is 2.24. The summed E-state index contributed by atoms with van der Waals surface area (Å²) in [4.78, 5) is 32.8. The van der Waals surface area contributed by atoms with Gasteiger partial charge in [0.2, 0.25) is 5.91 Å². The highest BCUT2D eigenvalue weighted by Crippen LogP contribution is 2.13. The predicted octanol–water partition coefficient (Wildman–Crippen LogP) is -0.580. The van der Waals surface area contributed by atoms with Crippen LogP contribution in [-0.2, 0) is 14.4 Å². The fraction of sp³-hybridized carbons (Fsp3) is 0.727. The maximum absolute atomic E-state index is 11.6. The van der Waals surface area contributed by atoms with Gasteiger partial charge >= 0.3 is 11.9 Å². The van der Waals surface area contributed by atoms with Crippen molar-refractivity contribution in [3.8, 4) is 0 Å². The lowest BCUT2D eigenvalue weighted by Gasteiger charge is -2.22. The summed E-state index contributed by atoms with van der Waals surface area (Å²) >= 11 is 0. The molecule has 0 bridgehead atoms. The summed E-state index contributed by atoms with van der Waals surface area (Å²) in [6, 6.07) is -1.36. The smallest absolute Gasteiger partial charge is 0.326 e. The van der Waals surface area contributed by atoms with Gasteiger partial charge in [0.25, 0.3) is 0 Å². The first-order valence-electron chi connectivity index (χ1n) is 5.93. The van der Waals surface area contributed by atoms with Crippen LogP contribution in [-0.4, -0.2) is 47.2 Å². The molecule has 1 aliphatic heterocycles.